The summed E-state index contributed by atoms with van der Waals surface area (Å²) in [6, 6.07) is 33.8. The van der Waals surface area contributed by atoms with E-state index in [1.54, 1.807) is 0 Å². The van der Waals surface area contributed by atoms with Crippen LogP contribution >= 0.6 is 11.6 Å². The average molecular weight is 390 g/mol. The van der Waals surface area contributed by atoms with Crippen molar-refractivity contribution in [2.24, 2.45) is 0 Å². The van der Waals surface area contributed by atoms with Crippen LogP contribution in [0.15, 0.2) is 97.1 Å². The van der Waals surface area contributed by atoms with E-state index in [1.807, 2.05) is 12.1 Å². The highest BCUT2D eigenvalue weighted by atomic mass is 35.5. The van der Waals surface area contributed by atoms with Crippen molar-refractivity contribution in [1.29, 1.82) is 0 Å². The third-order valence-electron chi connectivity index (χ3n) is 5.69. The summed E-state index contributed by atoms with van der Waals surface area (Å²) < 4.78 is 0. The predicted octanol–water partition coefficient (Wildman–Crippen LogP) is 8.01. The van der Waals surface area contributed by atoms with Crippen molar-refractivity contribution in [3.8, 4) is 11.1 Å². The molecule has 0 aliphatic heterocycles. The van der Waals surface area contributed by atoms with E-state index >= 15 is 0 Å². The summed E-state index contributed by atoms with van der Waals surface area (Å²) in [7, 11) is 0. The first-order valence-corrected chi connectivity index (χ1v) is 10.1. The zero-order valence-electron chi connectivity index (χ0n) is 15.6. The second kappa shape index (κ2) is 6.30. The van der Waals surface area contributed by atoms with Crippen molar-refractivity contribution < 1.29 is 0 Å². The van der Waals surface area contributed by atoms with Gasteiger partial charge in [0, 0.05) is 21.4 Å². The van der Waals surface area contributed by atoms with Gasteiger partial charge in [-0.05, 0) is 51.4 Å². The molecular weight excluding hydrogens is 374 g/mol. The van der Waals surface area contributed by atoms with Gasteiger partial charge in [-0.15, -0.1) is 0 Å². The van der Waals surface area contributed by atoms with Crippen LogP contribution in [0.1, 0.15) is 0 Å². The quantitative estimate of drug-likeness (QED) is 0.205. The highest BCUT2D eigenvalue weighted by Crippen LogP contribution is 2.41. The van der Waals surface area contributed by atoms with E-state index in [0.29, 0.717) is 0 Å². The Hall–Kier alpha value is -3.42. The number of halogens is 1. The molecule has 1 aromatic heterocycles. The average Bonchev–Trinajstić information content (AvgIpc) is 2.78. The lowest BCUT2D eigenvalue weighted by atomic mass is 9.90. The van der Waals surface area contributed by atoms with Gasteiger partial charge < -0.3 is 0 Å². The van der Waals surface area contributed by atoms with E-state index in [0.717, 1.165) is 21.6 Å². The summed E-state index contributed by atoms with van der Waals surface area (Å²) in [5, 5.41) is 8.00. The minimum atomic E-state index is 0.742. The Morgan fingerprint density at radius 2 is 1.03 bits per heavy atom. The van der Waals surface area contributed by atoms with E-state index < -0.39 is 0 Å². The van der Waals surface area contributed by atoms with Crippen molar-refractivity contribution >= 4 is 55.0 Å². The van der Waals surface area contributed by atoms with Gasteiger partial charge in [0.2, 0.25) is 0 Å². The fourth-order valence-corrected chi connectivity index (χ4v) is 4.52. The highest BCUT2D eigenvalue weighted by molar-refractivity contribution is 6.31. The molecule has 0 aliphatic rings. The van der Waals surface area contributed by atoms with Crippen LogP contribution in [0.4, 0.5) is 0 Å². The summed E-state index contributed by atoms with van der Waals surface area (Å²) in [6.45, 7) is 0. The van der Waals surface area contributed by atoms with E-state index in [4.69, 9.17) is 16.6 Å². The fourth-order valence-electron chi connectivity index (χ4n) is 4.39. The smallest absolute Gasteiger partial charge is 0.0722 e. The summed E-state index contributed by atoms with van der Waals surface area (Å²) in [6.07, 6.45) is 0. The van der Waals surface area contributed by atoms with Gasteiger partial charge in [0.15, 0.2) is 0 Å². The van der Waals surface area contributed by atoms with Gasteiger partial charge in [-0.25, -0.2) is 4.98 Å². The first-order valence-electron chi connectivity index (χ1n) is 9.68. The van der Waals surface area contributed by atoms with Crippen LogP contribution in [-0.4, -0.2) is 4.98 Å². The molecule has 0 saturated heterocycles. The Labute approximate surface area is 173 Å². The number of rotatable bonds is 1. The number of fused-ring (bicyclic) bond motifs is 6. The molecule has 0 amide bonds. The van der Waals surface area contributed by atoms with E-state index in [9.17, 15) is 0 Å². The zero-order chi connectivity index (χ0) is 19.4. The highest BCUT2D eigenvalue weighted by Gasteiger charge is 2.16. The Morgan fingerprint density at radius 3 is 1.59 bits per heavy atom. The minimum Gasteiger partial charge on any atom is -0.248 e. The second-order valence-electron chi connectivity index (χ2n) is 7.36. The zero-order valence-corrected chi connectivity index (χ0v) is 16.3. The standard InChI is InChI=1S/C27H16ClN/c28-20-13-9-19(10-14-20)25-26-21-7-3-1-5-17(21)11-15-23(26)29-24-16-12-18-6-2-4-8-22(18)27(24)25/h1-16H. The maximum absolute atomic E-state index is 6.21. The van der Waals surface area contributed by atoms with Crippen molar-refractivity contribution in [3.05, 3.63) is 102 Å². The van der Waals surface area contributed by atoms with Crippen LogP contribution in [0, 0.1) is 0 Å². The minimum absolute atomic E-state index is 0.742. The van der Waals surface area contributed by atoms with Gasteiger partial charge in [-0.2, -0.15) is 0 Å². The van der Waals surface area contributed by atoms with E-state index in [2.05, 4.69) is 84.9 Å². The molecule has 0 spiro atoms. The monoisotopic (exact) mass is 389 g/mol. The number of hydrogen-bond donors (Lipinski definition) is 0. The molecule has 2 heteroatoms. The number of hydrogen-bond acceptors (Lipinski definition) is 1. The summed E-state index contributed by atoms with van der Waals surface area (Å²) in [5.41, 5.74) is 4.39. The molecule has 0 aliphatic carbocycles. The lowest BCUT2D eigenvalue weighted by molar-refractivity contribution is 1.51. The molecule has 5 aromatic carbocycles. The predicted molar refractivity (Wildman–Crippen MR) is 125 cm³/mol. The number of benzene rings is 5. The SMILES string of the molecule is Clc1ccc(-c2c3c(ccc4ccccc43)nc3ccc4ccccc4c23)cc1. The third-order valence-corrected chi connectivity index (χ3v) is 5.94. The molecule has 0 radical (unpaired) electrons. The topological polar surface area (TPSA) is 12.9 Å². The molecule has 6 rings (SSSR count). The van der Waals surface area contributed by atoms with E-state index in [1.165, 1.54) is 37.9 Å². The van der Waals surface area contributed by atoms with Crippen molar-refractivity contribution in [3.63, 3.8) is 0 Å². The Morgan fingerprint density at radius 1 is 0.517 bits per heavy atom. The molecule has 1 nitrogen and oxygen atoms in total. The van der Waals surface area contributed by atoms with Gasteiger partial charge in [0.25, 0.3) is 0 Å². The maximum atomic E-state index is 6.21. The van der Waals surface area contributed by atoms with Gasteiger partial charge in [-0.3, -0.25) is 0 Å². The van der Waals surface area contributed by atoms with Crippen LogP contribution in [0.25, 0.3) is 54.5 Å². The normalized spacial score (nSPS) is 11.6. The first-order chi connectivity index (χ1) is 14.3. The molecule has 6 aromatic rings. The fraction of sp³-hybridized carbons (Fsp3) is 0. The lowest BCUT2D eigenvalue weighted by Crippen LogP contribution is -1.92. The third kappa shape index (κ3) is 2.52. The Bertz CT molecular complexity index is 1460. The molecule has 29 heavy (non-hydrogen) atoms. The van der Waals surface area contributed by atoms with Gasteiger partial charge >= 0.3 is 0 Å². The molecule has 1 heterocycles. The largest absolute Gasteiger partial charge is 0.248 e. The number of aromatic nitrogens is 1. The van der Waals surface area contributed by atoms with Crippen molar-refractivity contribution in [2.45, 2.75) is 0 Å². The molecule has 0 fully saturated rings. The lowest BCUT2D eigenvalue weighted by Gasteiger charge is -2.15. The molecule has 0 N–H and O–H groups in total. The van der Waals surface area contributed by atoms with Crippen molar-refractivity contribution in [2.75, 3.05) is 0 Å². The van der Waals surface area contributed by atoms with Crippen LogP contribution < -0.4 is 0 Å². The summed E-state index contributed by atoms with van der Waals surface area (Å²) >= 11 is 6.21. The van der Waals surface area contributed by atoms with Crippen LogP contribution in [0.2, 0.25) is 5.02 Å². The van der Waals surface area contributed by atoms with Crippen molar-refractivity contribution in [1.82, 2.24) is 4.98 Å². The molecule has 0 bridgehead atoms. The van der Waals surface area contributed by atoms with Gasteiger partial charge in [0.1, 0.15) is 0 Å². The van der Waals surface area contributed by atoms with E-state index in [-0.39, 0.29) is 0 Å². The maximum Gasteiger partial charge on any atom is 0.0722 e. The molecule has 0 unspecified atom stereocenters. The molecule has 0 saturated carbocycles. The summed E-state index contributed by atoms with van der Waals surface area (Å²) in [4.78, 5) is 5.06. The van der Waals surface area contributed by atoms with Gasteiger partial charge in [0.05, 0.1) is 11.0 Å². The molecular formula is C27H16ClN. The van der Waals surface area contributed by atoms with Crippen LogP contribution in [0.5, 0.6) is 0 Å². The second-order valence-corrected chi connectivity index (χ2v) is 7.79. The Kier molecular flexibility index (Phi) is 3.59. The van der Waals surface area contributed by atoms with Gasteiger partial charge in [-0.1, -0.05) is 84.4 Å². The Balaban J connectivity index is 1.94. The molecule has 0 atom stereocenters. The first kappa shape index (κ1) is 16.5. The van der Waals surface area contributed by atoms with Crippen LogP contribution in [-0.2, 0) is 0 Å². The summed E-state index contributed by atoms with van der Waals surface area (Å²) in [5.74, 6) is 0. The number of nitrogens with zero attached hydrogens (tertiary/aromatic N) is 1. The van der Waals surface area contributed by atoms with Crippen LogP contribution in [0.3, 0.4) is 0 Å². The number of pyridine rings is 1. The molecule has 136 valence electrons.